The van der Waals surface area contributed by atoms with E-state index in [1.165, 1.54) is 11.1 Å². The highest BCUT2D eigenvalue weighted by atomic mass is 16.5. The lowest BCUT2D eigenvalue weighted by Gasteiger charge is -2.35. The molecule has 0 bridgehead atoms. The molecule has 4 rings (SSSR count). The van der Waals surface area contributed by atoms with Crippen molar-refractivity contribution in [3.05, 3.63) is 71.8 Å². The predicted molar refractivity (Wildman–Crippen MR) is 111 cm³/mol. The number of ether oxygens (including phenoxy) is 1. The summed E-state index contributed by atoms with van der Waals surface area (Å²) in [6, 6.07) is 20.7. The van der Waals surface area contributed by atoms with Crippen molar-refractivity contribution in [2.75, 3.05) is 32.8 Å². The van der Waals surface area contributed by atoms with Crippen LogP contribution in [0.1, 0.15) is 36.3 Å². The zero-order valence-corrected chi connectivity index (χ0v) is 16.7. The third-order valence-electron chi connectivity index (χ3n) is 5.90. The molecule has 0 radical (unpaired) electrons. The second-order valence-electron chi connectivity index (χ2n) is 7.89. The largest absolute Gasteiger partial charge is 0.376 e. The molecule has 0 aliphatic carbocycles. The maximum absolute atomic E-state index is 12.7. The Bertz CT molecular complexity index is 779. The number of rotatable bonds is 7. The van der Waals surface area contributed by atoms with Crippen LogP contribution in [-0.4, -0.2) is 60.5 Å². The van der Waals surface area contributed by atoms with E-state index in [1.807, 2.05) is 36.4 Å². The molecule has 2 aliphatic rings. The standard InChI is InChI=1S/C24H28N2O3/c27-23-18-26(16-21-12-7-15-29-21)24(28)17-25(23)14-13-22(19-8-3-1-4-9-19)20-10-5-2-6-11-20/h1-6,8-11,21-22H,7,12-18H2. The summed E-state index contributed by atoms with van der Waals surface area (Å²) in [5, 5.41) is 0. The predicted octanol–water partition coefficient (Wildman–Crippen LogP) is 3.06. The maximum atomic E-state index is 12.7. The molecule has 2 aromatic rings. The average Bonchev–Trinajstić information content (AvgIpc) is 3.26. The molecule has 2 fully saturated rings. The highest BCUT2D eigenvalue weighted by Crippen LogP contribution is 2.28. The fourth-order valence-corrected chi connectivity index (χ4v) is 4.29. The van der Waals surface area contributed by atoms with Crippen molar-refractivity contribution < 1.29 is 14.3 Å². The van der Waals surface area contributed by atoms with Crippen LogP contribution in [0.4, 0.5) is 0 Å². The van der Waals surface area contributed by atoms with E-state index < -0.39 is 0 Å². The number of hydrogen-bond acceptors (Lipinski definition) is 3. The molecule has 2 aliphatic heterocycles. The molecule has 29 heavy (non-hydrogen) atoms. The molecule has 152 valence electrons. The van der Waals surface area contributed by atoms with E-state index in [-0.39, 0.29) is 36.9 Å². The molecule has 2 aromatic carbocycles. The maximum Gasteiger partial charge on any atom is 0.242 e. The number of hydrogen-bond donors (Lipinski definition) is 0. The van der Waals surface area contributed by atoms with E-state index >= 15 is 0 Å². The smallest absolute Gasteiger partial charge is 0.242 e. The Labute approximate surface area is 172 Å². The first-order valence-corrected chi connectivity index (χ1v) is 10.5. The van der Waals surface area contributed by atoms with Crippen LogP contribution < -0.4 is 0 Å². The third-order valence-corrected chi connectivity index (χ3v) is 5.90. The van der Waals surface area contributed by atoms with Crippen molar-refractivity contribution in [3.63, 3.8) is 0 Å². The SMILES string of the molecule is O=C1CN(CC2CCCO2)C(=O)CN1CCC(c1ccccc1)c1ccccc1. The Hall–Kier alpha value is -2.66. The van der Waals surface area contributed by atoms with Crippen LogP contribution in [0.25, 0.3) is 0 Å². The Kier molecular flexibility index (Phi) is 6.25. The molecule has 5 nitrogen and oxygen atoms in total. The quantitative estimate of drug-likeness (QED) is 0.728. The minimum atomic E-state index is 0.0241. The van der Waals surface area contributed by atoms with E-state index in [0.29, 0.717) is 13.1 Å². The molecule has 2 amide bonds. The molecular formula is C24H28N2O3. The van der Waals surface area contributed by atoms with Crippen LogP contribution in [0, 0.1) is 0 Å². The van der Waals surface area contributed by atoms with Crippen molar-refractivity contribution >= 4 is 11.8 Å². The first-order valence-electron chi connectivity index (χ1n) is 10.5. The second-order valence-corrected chi connectivity index (χ2v) is 7.89. The van der Waals surface area contributed by atoms with Gasteiger partial charge in [-0.05, 0) is 30.4 Å². The van der Waals surface area contributed by atoms with E-state index in [0.717, 1.165) is 25.9 Å². The Balaban J connectivity index is 1.40. The highest BCUT2D eigenvalue weighted by Gasteiger charge is 2.32. The zero-order valence-electron chi connectivity index (χ0n) is 16.7. The van der Waals surface area contributed by atoms with Crippen LogP contribution in [0.2, 0.25) is 0 Å². The van der Waals surface area contributed by atoms with Gasteiger partial charge >= 0.3 is 0 Å². The summed E-state index contributed by atoms with van der Waals surface area (Å²) in [6.45, 7) is 2.21. The molecule has 0 aromatic heterocycles. The van der Waals surface area contributed by atoms with Crippen molar-refractivity contribution in [3.8, 4) is 0 Å². The lowest BCUT2D eigenvalue weighted by Crippen LogP contribution is -2.55. The van der Waals surface area contributed by atoms with Gasteiger partial charge in [-0.25, -0.2) is 0 Å². The van der Waals surface area contributed by atoms with Gasteiger partial charge in [-0.3, -0.25) is 9.59 Å². The van der Waals surface area contributed by atoms with Crippen molar-refractivity contribution in [1.29, 1.82) is 0 Å². The van der Waals surface area contributed by atoms with Crippen LogP contribution in [0.15, 0.2) is 60.7 Å². The second kappa shape index (κ2) is 9.23. The number of carbonyl (C=O) groups excluding carboxylic acids is 2. The lowest BCUT2D eigenvalue weighted by molar-refractivity contribution is -0.151. The lowest BCUT2D eigenvalue weighted by atomic mass is 9.88. The molecule has 1 unspecified atom stereocenters. The van der Waals surface area contributed by atoms with Crippen molar-refractivity contribution in [2.24, 2.45) is 0 Å². The van der Waals surface area contributed by atoms with Crippen LogP contribution >= 0.6 is 0 Å². The average molecular weight is 392 g/mol. The van der Waals surface area contributed by atoms with Gasteiger partial charge in [-0.1, -0.05) is 60.7 Å². The van der Waals surface area contributed by atoms with Gasteiger partial charge in [0.1, 0.15) is 0 Å². The fraction of sp³-hybridized carbons (Fsp3) is 0.417. The summed E-state index contributed by atoms with van der Waals surface area (Å²) in [6.07, 6.45) is 2.88. The van der Waals surface area contributed by atoms with E-state index in [1.54, 1.807) is 9.80 Å². The molecular weight excluding hydrogens is 364 g/mol. The first kappa shape index (κ1) is 19.6. The summed E-state index contributed by atoms with van der Waals surface area (Å²) in [5.74, 6) is 0.253. The first-order chi connectivity index (χ1) is 14.2. The van der Waals surface area contributed by atoms with Gasteiger partial charge in [0.2, 0.25) is 11.8 Å². The van der Waals surface area contributed by atoms with Crippen molar-refractivity contribution in [2.45, 2.75) is 31.3 Å². The van der Waals surface area contributed by atoms with E-state index in [4.69, 9.17) is 4.74 Å². The monoisotopic (exact) mass is 392 g/mol. The van der Waals surface area contributed by atoms with Gasteiger partial charge in [0, 0.05) is 25.6 Å². The third kappa shape index (κ3) is 4.85. The van der Waals surface area contributed by atoms with Gasteiger partial charge in [0.05, 0.1) is 19.2 Å². The summed E-state index contributed by atoms with van der Waals surface area (Å²) in [5.41, 5.74) is 2.46. The highest BCUT2D eigenvalue weighted by molar-refractivity contribution is 5.92. The number of benzene rings is 2. The normalized spacial score (nSPS) is 20.0. The van der Waals surface area contributed by atoms with Gasteiger partial charge < -0.3 is 14.5 Å². The Morgan fingerprint density at radius 3 is 2.03 bits per heavy atom. The van der Waals surface area contributed by atoms with Crippen LogP contribution in [0.3, 0.4) is 0 Å². The van der Waals surface area contributed by atoms with Gasteiger partial charge in [-0.2, -0.15) is 0 Å². The summed E-state index contributed by atoms with van der Waals surface area (Å²) in [4.78, 5) is 28.7. The minimum absolute atomic E-state index is 0.0241. The number of carbonyl (C=O) groups is 2. The summed E-state index contributed by atoms with van der Waals surface area (Å²) < 4.78 is 5.62. The van der Waals surface area contributed by atoms with Gasteiger partial charge in [0.25, 0.3) is 0 Å². The Morgan fingerprint density at radius 1 is 0.862 bits per heavy atom. The summed E-state index contributed by atoms with van der Waals surface area (Å²) in [7, 11) is 0. The topological polar surface area (TPSA) is 49.9 Å². The molecule has 2 saturated heterocycles. The van der Waals surface area contributed by atoms with E-state index in [2.05, 4.69) is 24.3 Å². The van der Waals surface area contributed by atoms with Gasteiger partial charge in [0.15, 0.2) is 0 Å². The van der Waals surface area contributed by atoms with Crippen LogP contribution in [-0.2, 0) is 14.3 Å². The number of nitrogens with zero attached hydrogens (tertiary/aromatic N) is 2. The van der Waals surface area contributed by atoms with Gasteiger partial charge in [-0.15, -0.1) is 0 Å². The molecule has 1 atom stereocenters. The minimum Gasteiger partial charge on any atom is -0.376 e. The molecule has 5 heteroatoms. The Morgan fingerprint density at radius 2 is 1.45 bits per heavy atom. The molecule has 0 saturated carbocycles. The van der Waals surface area contributed by atoms with Crippen LogP contribution in [0.5, 0.6) is 0 Å². The summed E-state index contributed by atoms with van der Waals surface area (Å²) >= 11 is 0. The number of amides is 2. The molecule has 0 spiro atoms. The molecule has 2 heterocycles. The number of piperazine rings is 1. The molecule has 0 N–H and O–H groups in total. The van der Waals surface area contributed by atoms with Crippen molar-refractivity contribution in [1.82, 2.24) is 9.80 Å². The van der Waals surface area contributed by atoms with E-state index in [9.17, 15) is 9.59 Å². The fourth-order valence-electron chi connectivity index (χ4n) is 4.29. The zero-order chi connectivity index (χ0) is 20.1.